The van der Waals surface area contributed by atoms with Gasteiger partial charge in [-0.2, -0.15) is 0 Å². The van der Waals surface area contributed by atoms with Crippen LogP contribution in [0, 0.1) is 11.7 Å². The second kappa shape index (κ2) is 8.56. The van der Waals surface area contributed by atoms with Crippen LogP contribution in [0.2, 0.25) is 5.02 Å². The van der Waals surface area contributed by atoms with Gasteiger partial charge in [-0.25, -0.2) is 4.39 Å². The normalized spacial score (nSPS) is 19.3. The Hall–Kier alpha value is -1.04. The van der Waals surface area contributed by atoms with Gasteiger partial charge in [-0.15, -0.1) is 12.4 Å². The van der Waals surface area contributed by atoms with Gasteiger partial charge in [0.05, 0.1) is 5.02 Å². The number of likely N-dealkylation sites (tertiary alicyclic amines) is 1. The number of carbonyl (C=O) groups excluding carboxylic acids is 1. The number of nitrogens with two attached hydrogens (primary N) is 1. The molecule has 2 atom stereocenters. The Kier molecular flexibility index (Phi) is 7.39. The number of ether oxygens (including phenoxy) is 1. The third-order valence-corrected chi connectivity index (χ3v) is 4.10. The molecular weight excluding hydrogens is 330 g/mol. The highest BCUT2D eigenvalue weighted by Gasteiger charge is 2.25. The molecule has 1 aromatic carbocycles. The van der Waals surface area contributed by atoms with Crippen molar-refractivity contribution in [1.82, 2.24) is 4.90 Å². The lowest BCUT2D eigenvalue weighted by molar-refractivity contribution is -0.135. The lowest BCUT2D eigenvalue weighted by Crippen LogP contribution is -2.46. The molecule has 0 aromatic heterocycles. The maximum Gasteiger partial charge on any atom is 0.260 e. The largest absolute Gasteiger partial charge is 0.484 e. The molecule has 1 aliphatic rings. The summed E-state index contributed by atoms with van der Waals surface area (Å²) in [6.45, 7) is 3.29. The van der Waals surface area contributed by atoms with Crippen LogP contribution in [0.3, 0.4) is 0 Å². The van der Waals surface area contributed by atoms with Gasteiger partial charge in [0.25, 0.3) is 5.91 Å². The highest BCUT2D eigenvalue weighted by atomic mass is 35.5. The topological polar surface area (TPSA) is 55.6 Å². The van der Waals surface area contributed by atoms with Crippen molar-refractivity contribution in [2.75, 3.05) is 19.7 Å². The van der Waals surface area contributed by atoms with Gasteiger partial charge >= 0.3 is 0 Å². The number of piperidine rings is 1. The summed E-state index contributed by atoms with van der Waals surface area (Å²) in [7, 11) is 0. The first-order valence-corrected chi connectivity index (χ1v) is 7.46. The Morgan fingerprint density at radius 2 is 2.32 bits per heavy atom. The fourth-order valence-corrected chi connectivity index (χ4v) is 2.64. The number of benzene rings is 1. The molecular formula is C15H21Cl2FN2O2. The SMILES string of the molecule is CC(N)C1CCCN(C(=O)COc2ccc(F)c(Cl)c2)C1.Cl. The predicted molar refractivity (Wildman–Crippen MR) is 87.1 cm³/mol. The first-order chi connectivity index (χ1) is 9.97. The van der Waals surface area contributed by atoms with Crippen LogP contribution in [-0.4, -0.2) is 36.5 Å². The fourth-order valence-electron chi connectivity index (χ4n) is 2.47. The van der Waals surface area contributed by atoms with E-state index in [-0.39, 0.29) is 36.0 Å². The highest BCUT2D eigenvalue weighted by Crippen LogP contribution is 2.22. The molecule has 0 radical (unpaired) electrons. The van der Waals surface area contributed by atoms with E-state index in [0.717, 1.165) is 19.4 Å². The van der Waals surface area contributed by atoms with Crippen molar-refractivity contribution in [1.29, 1.82) is 0 Å². The number of rotatable bonds is 4. The van der Waals surface area contributed by atoms with Crippen LogP contribution >= 0.6 is 24.0 Å². The Morgan fingerprint density at radius 3 is 2.95 bits per heavy atom. The lowest BCUT2D eigenvalue weighted by atomic mass is 9.92. The number of hydrogen-bond acceptors (Lipinski definition) is 3. The standard InChI is InChI=1S/C15H20ClFN2O2.ClH/c1-10(18)11-3-2-6-19(8-11)15(20)9-21-12-4-5-14(17)13(16)7-12;/h4-5,7,10-11H,2-3,6,8-9,18H2,1H3;1H. The quantitative estimate of drug-likeness (QED) is 0.908. The third-order valence-electron chi connectivity index (χ3n) is 3.81. The number of nitrogens with zero attached hydrogens (tertiary/aromatic N) is 1. The molecule has 2 rings (SSSR count). The summed E-state index contributed by atoms with van der Waals surface area (Å²) in [5.74, 6) is 0.130. The van der Waals surface area contributed by atoms with Crippen LogP contribution in [0.5, 0.6) is 5.75 Å². The molecule has 2 unspecified atom stereocenters. The summed E-state index contributed by atoms with van der Waals surface area (Å²) >= 11 is 5.67. The van der Waals surface area contributed by atoms with Crippen molar-refractivity contribution < 1.29 is 13.9 Å². The van der Waals surface area contributed by atoms with Crippen LogP contribution in [0.15, 0.2) is 18.2 Å². The van der Waals surface area contributed by atoms with Crippen LogP contribution in [0.4, 0.5) is 4.39 Å². The van der Waals surface area contributed by atoms with Gasteiger partial charge in [-0.3, -0.25) is 4.79 Å². The Morgan fingerprint density at radius 1 is 1.59 bits per heavy atom. The molecule has 1 amide bonds. The monoisotopic (exact) mass is 350 g/mol. The van der Waals surface area contributed by atoms with Crippen LogP contribution < -0.4 is 10.5 Å². The Labute approximate surface area is 141 Å². The van der Waals surface area contributed by atoms with Gasteiger partial charge in [0.2, 0.25) is 0 Å². The van der Waals surface area contributed by atoms with Gasteiger partial charge < -0.3 is 15.4 Å². The average molecular weight is 351 g/mol. The number of carbonyl (C=O) groups is 1. The molecule has 7 heteroatoms. The summed E-state index contributed by atoms with van der Waals surface area (Å²) in [6, 6.07) is 4.12. The number of hydrogen-bond donors (Lipinski definition) is 1. The zero-order valence-corrected chi connectivity index (χ0v) is 14.0. The first-order valence-electron chi connectivity index (χ1n) is 7.08. The van der Waals surface area contributed by atoms with E-state index in [4.69, 9.17) is 22.1 Å². The summed E-state index contributed by atoms with van der Waals surface area (Å²) in [4.78, 5) is 13.9. The molecule has 1 saturated heterocycles. The maximum atomic E-state index is 13.0. The fraction of sp³-hybridized carbons (Fsp3) is 0.533. The smallest absolute Gasteiger partial charge is 0.260 e. The molecule has 0 aliphatic carbocycles. The van der Waals surface area contributed by atoms with Crippen LogP contribution in [-0.2, 0) is 4.79 Å². The van der Waals surface area contributed by atoms with E-state index in [9.17, 15) is 9.18 Å². The molecule has 124 valence electrons. The van der Waals surface area contributed by atoms with E-state index < -0.39 is 5.82 Å². The zero-order valence-electron chi connectivity index (χ0n) is 12.4. The lowest BCUT2D eigenvalue weighted by Gasteiger charge is -2.34. The Bertz CT molecular complexity index is 514. The highest BCUT2D eigenvalue weighted by molar-refractivity contribution is 6.30. The minimum absolute atomic E-state index is 0. The van der Waals surface area contributed by atoms with E-state index in [2.05, 4.69) is 0 Å². The maximum absolute atomic E-state index is 13.0. The average Bonchev–Trinajstić information content (AvgIpc) is 2.48. The van der Waals surface area contributed by atoms with Gasteiger partial charge in [0.1, 0.15) is 11.6 Å². The zero-order chi connectivity index (χ0) is 15.4. The molecule has 0 bridgehead atoms. The third kappa shape index (κ3) is 5.00. The molecule has 0 spiro atoms. The first kappa shape index (κ1) is 19.0. The van der Waals surface area contributed by atoms with Gasteiger partial charge in [0.15, 0.2) is 6.61 Å². The van der Waals surface area contributed by atoms with Crippen molar-refractivity contribution in [3.8, 4) is 5.75 Å². The number of halogens is 3. The molecule has 1 heterocycles. The second-order valence-electron chi connectivity index (χ2n) is 5.47. The van der Waals surface area contributed by atoms with E-state index in [1.807, 2.05) is 6.92 Å². The van der Waals surface area contributed by atoms with Gasteiger partial charge in [0, 0.05) is 25.2 Å². The van der Waals surface area contributed by atoms with Crippen molar-refractivity contribution in [2.24, 2.45) is 11.7 Å². The Balaban J connectivity index is 0.00000242. The summed E-state index contributed by atoms with van der Waals surface area (Å²) in [5, 5.41) is -0.0186. The van der Waals surface area contributed by atoms with E-state index in [1.165, 1.54) is 18.2 Å². The summed E-state index contributed by atoms with van der Waals surface area (Å²) in [5.41, 5.74) is 5.91. The summed E-state index contributed by atoms with van der Waals surface area (Å²) in [6.07, 6.45) is 2.01. The summed E-state index contributed by atoms with van der Waals surface area (Å²) < 4.78 is 18.4. The molecule has 1 aromatic rings. The van der Waals surface area contributed by atoms with E-state index in [1.54, 1.807) is 4.90 Å². The van der Waals surface area contributed by atoms with Crippen molar-refractivity contribution in [2.45, 2.75) is 25.8 Å². The van der Waals surface area contributed by atoms with E-state index in [0.29, 0.717) is 18.2 Å². The van der Waals surface area contributed by atoms with Crippen molar-refractivity contribution in [3.05, 3.63) is 29.0 Å². The van der Waals surface area contributed by atoms with Crippen LogP contribution in [0.1, 0.15) is 19.8 Å². The minimum Gasteiger partial charge on any atom is -0.484 e. The van der Waals surface area contributed by atoms with Gasteiger partial charge in [-0.05, 0) is 37.8 Å². The van der Waals surface area contributed by atoms with Crippen molar-refractivity contribution in [3.63, 3.8) is 0 Å². The molecule has 1 aliphatic heterocycles. The van der Waals surface area contributed by atoms with Crippen LogP contribution in [0.25, 0.3) is 0 Å². The predicted octanol–water partition coefficient (Wildman–Crippen LogP) is 2.87. The molecule has 1 fully saturated rings. The second-order valence-corrected chi connectivity index (χ2v) is 5.87. The number of amides is 1. The van der Waals surface area contributed by atoms with Crippen molar-refractivity contribution >= 4 is 29.9 Å². The molecule has 22 heavy (non-hydrogen) atoms. The minimum atomic E-state index is -0.508. The molecule has 0 saturated carbocycles. The van der Waals surface area contributed by atoms with Gasteiger partial charge in [-0.1, -0.05) is 11.6 Å². The van der Waals surface area contributed by atoms with E-state index >= 15 is 0 Å². The molecule has 4 nitrogen and oxygen atoms in total. The molecule has 2 N–H and O–H groups in total.